The fourth-order valence-electron chi connectivity index (χ4n) is 7.84. The molecule has 0 bridgehead atoms. The van der Waals surface area contributed by atoms with Gasteiger partial charge in [0, 0.05) is 25.1 Å². The Morgan fingerprint density at radius 3 is 2.90 bits per heavy atom. The summed E-state index contributed by atoms with van der Waals surface area (Å²) in [5, 5.41) is 11.3. The number of carbonyl (C=O) groups is 1. The standard InChI is InChI=1S/C35H40FN7O5/c1-33(2,3)47-32(44)37-24-12-11-22-8-6-14-35(26(22)16-24)18-28-25(20-46-35)30(48-43-29-10-5-4-9-27(29)40-41-43)39-31(38-28)45-21-34-13-7-15-42(34)19-23(36)17-34/h4-5,9-12,16,23H,6-8,13-15,17-21H2,1-3H3,(H,37,44)/t23-,34+,35?/m1/s1. The molecule has 1 unspecified atom stereocenters. The highest BCUT2D eigenvalue weighted by molar-refractivity contribution is 5.85. The van der Waals surface area contributed by atoms with Crippen LogP contribution in [0.2, 0.25) is 0 Å². The molecule has 2 saturated heterocycles. The van der Waals surface area contributed by atoms with Crippen LogP contribution in [0.3, 0.4) is 0 Å². The van der Waals surface area contributed by atoms with Crippen molar-refractivity contribution in [1.82, 2.24) is 30.0 Å². The number of nitrogens with zero attached hydrogens (tertiary/aromatic N) is 6. The monoisotopic (exact) mass is 657 g/mol. The molecule has 3 aliphatic heterocycles. The van der Waals surface area contributed by atoms with Crippen LogP contribution in [0.4, 0.5) is 14.9 Å². The van der Waals surface area contributed by atoms with Gasteiger partial charge in [0.25, 0.3) is 5.88 Å². The number of carbonyl (C=O) groups excluding carboxylic acids is 1. The zero-order chi connectivity index (χ0) is 33.1. The van der Waals surface area contributed by atoms with Gasteiger partial charge in [0.1, 0.15) is 29.4 Å². The molecule has 0 saturated carbocycles. The van der Waals surface area contributed by atoms with Crippen LogP contribution in [0, 0.1) is 0 Å². The van der Waals surface area contributed by atoms with Crippen LogP contribution in [0.25, 0.3) is 11.0 Å². The van der Waals surface area contributed by atoms with Gasteiger partial charge in [-0.15, -0.1) is 5.10 Å². The number of aromatic nitrogens is 5. The minimum absolute atomic E-state index is 0.171. The molecule has 1 amide bonds. The Hall–Kier alpha value is -4.36. The van der Waals surface area contributed by atoms with E-state index in [4.69, 9.17) is 29.0 Å². The molecule has 252 valence electrons. The second kappa shape index (κ2) is 11.7. The van der Waals surface area contributed by atoms with E-state index in [-0.39, 0.29) is 24.0 Å². The number of amides is 1. The van der Waals surface area contributed by atoms with E-state index in [2.05, 4.69) is 20.5 Å². The normalized spacial score (nSPS) is 25.0. The van der Waals surface area contributed by atoms with Crippen LogP contribution in [-0.4, -0.2) is 73.1 Å². The Kier molecular flexibility index (Phi) is 7.51. The molecule has 4 aromatic rings. The molecule has 1 aliphatic carbocycles. The largest absolute Gasteiger partial charge is 0.461 e. The number of anilines is 1. The van der Waals surface area contributed by atoms with Crippen LogP contribution in [0.5, 0.6) is 11.9 Å². The number of fused-ring (bicyclic) bond motifs is 5. The molecule has 3 atom stereocenters. The Labute approximate surface area is 277 Å². The number of benzene rings is 2. The molecule has 12 nitrogen and oxygen atoms in total. The van der Waals surface area contributed by atoms with Gasteiger partial charge in [0.2, 0.25) is 0 Å². The average Bonchev–Trinajstić information content (AvgIpc) is 3.71. The van der Waals surface area contributed by atoms with Gasteiger partial charge >= 0.3 is 12.1 Å². The van der Waals surface area contributed by atoms with Gasteiger partial charge in [-0.3, -0.25) is 10.2 Å². The fourth-order valence-corrected chi connectivity index (χ4v) is 7.84. The molecule has 8 rings (SSSR count). The van der Waals surface area contributed by atoms with Crippen LogP contribution in [0.15, 0.2) is 42.5 Å². The van der Waals surface area contributed by atoms with Crippen molar-refractivity contribution in [2.45, 2.75) is 95.2 Å². The van der Waals surface area contributed by atoms with Gasteiger partial charge in [-0.1, -0.05) is 23.0 Å². The molecule has 4 aliphatic rings. The zero-order valence-corrected chi connectivity index (χ0v) is 27.5. The van der Waals surface area contributed by atoms with Gasteiger partial charge in [0.05, 0.1) is 29.0 Å². The Balaban J connectivity index is 1.13. The maximum absolute atomic E-state index is 14.5. The summed E-state index contributed by atoms with van der Waals surface area (Å²) in [4.78, 5) is 32.1. The summed E-state index contributed by atoms with van der Waals surface area (Å²) in [5.41, 5.74) is 3.99. The minimum Gasteiger partial charge on any atom is -0.461 e. The number of alkyl halides is 1. The van der Waals surface area contributed by atoms with Crippen LogP contribution in [0.1, 0.15) is 75.3 Å². The molecule has 2 aromatic carbocycles. The predicted octanol–water partition coefficient (Wildman–Crippen LogP) is 5.67. The van der Waals surface area contributed by atoms with E-state index in [0.29, 0.717) is 48.3 Å². The van der Waals surface area contributed by atoms with Gasteiger partial charge in [-0.25, -0.2) is 9.18 Å². The van der Waals surface area contributed by atoms with Crippen LogP contribution in [-0.2, 0) is 34.5 Å². The predicted molar refractivity (Wildman–Crippen MR) is 174 cm³/mol. The molecule has 2 fully saturated rings. The molecule has 0 radical (unpaired) electrons. The van der Waals surface area contributed by atoms with Gasteiger partial charge in [-0.05, 0) is 100 Å². The lowest BCUT2D eigenvalue weighted by Crippen LogP contribution is -2.43. The Morgan fingerprint density at radius 2 is 2.02 bits per heavy atom. The molecule has 13 heteroatoms. The lowest BCUT2D eigenvalue weighted by molar-refractivity contribution is -0.0870. The quantitative estimate of drug-likeness (QED) is 0.277. The average molecular weight is 658 g/mol. The number of ether oxygens (including phenoxy) is 3. The maximum Gasteiger partial charge on any atom is 0.412 e. The summed E-state index contributed by atoms with van der Waals surface area (Å²) in [6, 6.07) is 13.6. The molecule has 1 N–H and O–H groups in total. The molecular weight excluding hydrogens is 617 g/mol. The van der Waals surface area contributed by atoms with Crippen molar-refractivity contribution in [3.8, 4) is 11.9 Å². The topological polar surface area (TPSA) is 126 Å². The zero-order valence-electron chi connectivity index (χ0n) is 27.5. The molecule has 2 aromatic heterocycles. The lowest BCUT2D eigenvalue weighted by atomic mass is 9.74. The Morgan fingerprint density at radius 1 is 1.15 bits per heavy atom. The van der Waals surface area contributed by atoms with Crippen LogP contribution >= 0.6 is 0 Å². The third-order valence-corrected chi connectivity index (χ3v) is 9.98. The first-order chi connectivity index (χ1) is 23.1. The summed E-state index contributed by atoms with van der Waals surface area (Å²) in [6.45, 7) is 7.29. The minimum atomic E-state index is -0.865. The molecular formula is C35H40FN7O5. The van der Waals surface area contributed by atoms with Gasteiger partial charge < -0.3 is 19.0 Å². The molecule has 1 spiro atoms. The van der Waals surface area contributed by atoms with Crippen molar-refractivity contribution in [1.29, 1.82) is 0 Å². The van der Waals surface area contributed by atoms with E-state index >= 15 is 0 Å². The highest BCUT2D eigenvalue weighted by Crippen LogP contribution is 2.47. The molecule has 5 heterocycles. The molecule has 48 heavy (non-hydrogen) atoms. The first-order valence-corrected chi connectivity index (χ1v) is 16.8. The number of nitrogens with one attached hydrogen (secondary N) is 1. The van der Waals surface area contributed by atoms with E-state index in [1.54, 1.807) is 0 Å². The highest BCUT2D eigenvalue weighted by Gasteiger charge is 2.50. The van der Waals surface area contributed by atoms with Crippen molar-refractivity contribution in [3.05, 3.63) is 64.8 Å². The number of hydrogen-bond acceptors (Lipinski definition) is 10. The van der Waals surface area contributed by atoms with Crippen molar-refractivity contribution in [2.75, 3.05) is 25.0 Å². The number of halogens is 1. The van der Waals surface area contributed by atoms with Crippen LogP contribution < -0.4 is 14.9 Å². The number of hydrogen-bond donors (Lipinski definition) is 1. The summed E-state index contributed by atoms with van der Waals surface area (Å²) >= 11 is 0. The lowest BCUT2D eigenvalue weighted by Gasteiger charge is -2.42. The van der Waals surface area contributed by atoms with Crippen molar-refractivity contribution in [3.63, 3.8) is 0 Å². The Bertz CT molecular complexity index is 1880. The first-order valence-electron chi connectivity index (χ1n) is 16.8. The summed E-state index contributed by atoms with van der Waals surface area (Å²) < 4.78 is 33.1. The third kappa shape index (κ3) is 5.72. The summed E-state index contributed by atoms with van der Waals surface area (Å²) in [5.74, 6) is 0.271. The number of para-hydroxylation sites is 1. The van der Waals surface area contributed by atoms with Crippen molar-refractivity contribution in [2.24, 2.45) is 0 Å². The van der Waals surface area contributed by atoms with E-state index in [1.165, 1.54) is 4.85 Å². The fraction of sp³-hybridized carbons (Fsp3) is 0.514. The van der Waals surface area contributed by atoms with Crippen molar-refractivity contribution >= 4 is 22.8 Å². The van der Waals surface area contributed by atoms with E-state index in [1.807, 2.05) is 63.2 Å². The smallest absolute Gasteiger partial charge is 0.412 e. The third-order valence-electron chi connectivity index (χ3n) is 9.98. The number of rotatable bonds is 6. The maximum atomic E-state index is 14.5. The van der Waals surface area contributed by atoms with Gasteiger partial charge in [0.15, 0.2) is 0 Å². The summed E-state index contributed by atoms with van der Waals surface area (Å²) in [7, 11) is 0. The van der Waals surface area contributed by atoms with E-state index < -0.39 is 23.5 Å². The second-order valence-corrected chi connectivity index (χ2v) is 14.5. The highest BCUT2D eigenvalue weighted by atomic mass is 19.1. The second-order valence-electron chi connectivity index (χ2n) is 14.5. The SMILES string of the molecule is CC(C)(C)OC(=O)Nc1ccc2c(c1)C1(CCC2)Cc2nc(OC[C@@]34CCCN3C[C@H](F)C4)nc(On3nnc4ccccc43)c2CO1. The van der Waals surface area contributed by atoms with E-state index in [0.717, 1.165) is 55.5 Å². The summed E-state index contributed by atoms with van der Waals surface area (Å²) in [6.07, 6.45) is 4.01. The van der Waals surface area contributed by atoms with E-state index in [9.17, 15) is 9.18 Å². The van der Waals surface area contributed by atoms with Crippen molar-refractivity contribution < 1.29 is 28.2 Å². The first kappa shape index (κ1) is 30.9. The number of aryl methyl sites for hydroxylation is 1. The van der Waals surface area contributed by atoms with Gasteiger partial charge in [-0.2, -0.15) is 9.97 Å².